The molecule has 2 heterocycles. The van der Waals surface area contributed by atoms with E-state index in [2.05, 4.69) is 26.3 Å². The predicted molar refractivity (Wildman–Crippen MR) is 129 cm³/mol. The number of esters is 1. The van der Waals surface area contributed by atoms with Crippen LogP contribution in [0.2, 0.25) is 0 Å². The van der Waals surface area contributed by atoms with Crippen LogP contribution in [0.5, 0.6) is 0 Å². The van der Waals surface area contributed by atoms with Gasteiger partial charge in [-0.1, -0.05) is 64.5 Å². The summed E-state index contributed by atoms with van der Waals surface area (Å²) in [6.45, 7) is 4.24. The van der Waals surface area contributed by atoms with Crippen molar-refractivity contribution in [3.63, 3.8) is 0 Å². The summed E-state index contributed by atoms with van der Waals surface area (Å²) >= 11 is 3.53. The number of fused-ring (bicyclic) bond motifs is 1. The van der Waals surface area contributed by atoms with E-state index in [0.29, 0.717) is 6.54 Å². The third kappa shape index (κ3) is 4.61. The lowest BCUT2D eigenvalue weighted by atomic mass is 9.94. The zero-order valence-electron chi connectivity index (χ0n) is 19.0. The van der Waals surface area contributed by atoms with Crippen molar-refractivity contribution < 1.29 is 19.1 Å². The smallest absolute Gasteiger partial charge is 0.358 e. The summed E-state index contributed by atoms with van der Waals surface area (Å²) in [5.41, 5.74) is 0.842. The molecule has 0 bridgehead atoms. The molecule has 0 spiro atoms. The molecule has 8 nitrogen and oxygen atoms in total. The van der Waals surface area contributed by atoms with Gasteiger partial charge in [-0.05, 0) is 31.0 Å². The number of nitrogens with zero attached hydrogens (tertiary/aromatic N) is 3. The van der Waals surface area contributed by atoms with Gasteiger partial charge in [-0.2, -0.15) is 5.10 Å². The van der Waals surface area contributed by atoms with Crippen LogP contribution in [0, 0.1) is 0 Å². The molecule has 34 heavy (non-hydrogen) atoms. The van der Waals surface area contributed by atoms with Gasteiger partial charge in [0, 0.05) is 23.6 Å². The number of halogens is 1. The van der Waals surface area contributed by atoms with Crippen LogP contribution in [0.4, 0.5) is 0 Å². The Balaban J connectivity index is 1.69. The van der Waals surface area contributed by atoms with Gasteiger partial charge in [-0.3, -0.25) is 14.3 Å². The number of ether oxygens (including phenoxy) is 1. The summed E-state index contributed by atoms with van der Waals surface area (Å²) in [6.07, 6.45) is 0. The summed E-state index contributed by atoms with van der Waals surface area (Å²) in [5, 5.41) is 7.24. The number of aromatic nitrogens is 2. The SMILES string of the molecule is CCOC(=O)c1cc2n(n1)C[C@@](C)(C(=O)NCc1ccccc1)N(Cc1ccccc1Br)C2=O. The average molecular weight is 525 g/mol. The average Bonchev–Trinajstić information content (AvgIpc) is 3.26. The fraction of sp³-hybridized carbons (Fsp3) is 0.280. The molecular weight excluding hydrogens is 500 g/mol. The highest BCUT2D eigenvalue weighted by molar-refractivity contribution is 9.10. The van der Waals surface area contributed by atoms with E-state index in [0.717, 1.165) is 15.6 Å². The molecule has 0 saturated carbocycles. The number of carbonyl (C=O) groups excluding carboxylic acids is 3. The molecule has 2 amide bonds. The Morgan fingerprint density at radius 2 is 1.85 bits per heavy atom. The van der Waals surface area contributed by atoms with Crippen molar-refractivity contribution in [3.8, 4) is 0 Å². The lowest BCUT2D eigenvalue weighted by Gasteiger charge is -2.43. The van der Waals surface area contributed by atoms with E-state index in [9.17, 15) is 14.4 Å². The molecule has 1 aliphatic rings. The molecule has 0 aliphatic carbocycles. The number of nitrogens with one attached hydrogen (secondary N) is 1. The number of hydrogen-bond acceptors (Lipinski definition) is 5. The zero-order valence-corrected chi connectivity index (χ0v) is 20.5. The normalized spacial score (nSPS) is 17.3. The van der Waals surface area contributed by atoms with Crippen LogP contribution in [0.1, 0.15) is 46.0 Å². The molecule has 4 rings (SSSR count). The Morgan fingerprint density at radius 3 is 2.56 bits per heavy atom. The van der Waals surface area contributed by atoms with Gasteiger partial charge >= 0.3 is 5.97 Å². The third-order valence-corrected chi connectivity index (χ3v) is 6.63. The Hall–Kier alpha value is -3.46. The van der Waals surface area contributed by atoms with Crippen molar-refractivity contribution in [2.45, 2.75) is 39.0 Å². The van der Waals surface area contributed by atoms with Gasteiger partial charge in [-0.25, -0.2) is 4.79 Å². The Kier molecular flexibility index (Phi) is 6.83. The van der Waals surface area contributed by atoms with Crippen molar-refractivity contribution in [1.29, 1.82) is 0 Å². The van der Waals surface area contributed by atoms with Crippen LogP contribution in [-0.2, 0) is 29.2 Å². The molecule has 0 fully saturated rings. The van der Waals surface area contributed by atoms with Gasteiger partial charge in [-0.15, -0.1) is 0 Å². The highest BCUT2D eigenvalue weighted by Crippen LogP contribution is 2.31. The van der Waals surface area contributed by atoms with Crippen molar-refractivity contribution in [2.75, 3.05) is 6.61 Å². The van der Waals surface area contributed by atoms with Gasteiger partial charge in [0.1, 0.15) is 11.2 Å². The van der Waals surface area contributed by atoms with E-state index in [1.54, 1.807) is 18.7 Å². The summed E-state index contributed by atoms with van der Waals surface area (Å²) < 4.78 is 7.30. The Bertz CT molecular complexity index is 1230. The van der Waals surface area contributed by atoms with Crippen LogP contribution in [0.25, 0.3) is 0 Å². The first-order chi connectivity index (χ1) is 16.3. The molecular formula is C25H25BrN4O4. The van der Waals surface area contributed by atoms with Gasteiger partial charge in [0.2, 0.25) is 5.91 Å². The van der Waals surface area contributed by atoms with Crippen molar-refractivity contribution >= 4 is 33.7 Å². The maximum Gasteiger partial charge on any atom is 0.358 e. The van der Waals surface area contributed by atoms with Crippen LogP contribution >= 0.6 is 15.9 Å². The van der Waals surface area contributed by atoms with Gasteiger partial charge in [0.25, 0.3) is 5.91 Å². The Morgan fingerprint density at radius 1 is 1.15 bits per heavy atom. The molecule has 1 N–H and O–H groups in total. The second-order valence-corrected chi connectivity index (χ2v) is 9.07. The van der Waals surface area contributed by atoms with E-state index in [-0.39, 0.29) is 42.9 Å². The molecule has 1 atom stereocenters. The molecule has 1 aliphatic heterocycles. The van der Waals surface area contributed by atoms with E-state index in [1.165, 1.54) is 10.7 Å². The molecule has 0 radical (unpaired) electrons. The van der Waals surface area contributed by atoms with E-state index in [4.69, 9.17) is 4.74 Å². The van der Waals surface area contributed by atoms with Crippen LogP contribution in [0.15, 0.2) is 65.1 Å². The van der Waals surface area contributed by atoms with E-state index < -0.39 is 11.5 Å². The summed E-state index contributed by atoms with van der Waals surface area (Å²) in [7, 11) is 0. The van der Waals surface area contributed by atoms with E-state index in [1.807, 2.05) is 54.6 Å². The summed E-state index contributed by atoms with van der Waals surface area (Å²) in [5.74, 6) is -1.30. The molecule has 9 heteroatoms. The lowest BCUT2D eigenvalue weighted by Crippen LogP contribution is -2.63. The number of hydrogen-bond donors (Lipinski definition) is 1. The second-order valence-electron chi connectivity index (χ2n) is 8.22. The molecule has 0 saturated heterocycles. The molecule has 0 unspecified atom stereocenters. The first-order valence-electron chi connectivity index (χ1n) is 11.0. The number of rotatable bonds is 7. The fourth-order valence-electron chi connectivity index (χ4n) is 3.96. The first kappa shape index (κ1) is 23.7. The largest absolute Gasteiger partial charge is 0.461 e. The highest BCUT2D eigenvalue weighted by Gasteiger charge is 2.48. The minimum atomic E-state index is -1.24. The molecule has 176 valence electrons. The van der Waals surface area contributed by atoms with Crippen molar-refractivity contribution in [2.24, 2.45) is 0 Å². The molecule has 2 aromatic carbocycles. The number of amides is 2. The van der Waals surface area contributed by atoms with Crippen LogP contribution in [-0.4, -0.2) is 44.6 Å². The van der Waals surface area contributed by atoms with Gasteiger partial charge in [0.05, 0.1) is 13.2 Å². The number of carbonyl (C=O) groups is 3. The monoisotopic (exact) mass is 524 g/mol. The van der Waals surface area contributed by atoms with Crippen molar-refractivity contribution in [3.05, 3.63) is 87.7 Å². The topological polar surface area (TPSA) is 93.5 Å². The zero-order chi connectivity index (χ0) is 24.3. The minimum absolute atomic E-state index is 0.0417. The van der Waals surface area contributed by atoms with Crippen LogP contribution in [0.3, 0.4) is 0 Å². The maximum atomic E-state index is 13.6. The lowest BCUT2D eigenvalue weighted by molar-refractivity contribution is -0.133. The van der Waals surface area contributed by atoms with Gasteiger partial charge < -0.3 is 15.0 Å². The quantitative estimate of drug-likeness (QED) is 0.477. The van der Waals surface area contributed by atoms with Gasteiger partial charge in [0.15, 0.2) is 5.69 Å². The Labute approximate surface area is 206 Å². The maximum absolute atomic E-state index is 13.6. The minimum Gasteiger partial charge on any atom is -0.461 e. The third-order valence-electron chi connectivity index (χ3n) is 5.85. The van der Waals surface area contributed by atoms with Crippen molar-refractivity contribution in [1.82, 2.24) is 20.0 Å². The highest BCUT2D eigenvalue weighted by atomic mass is 79.9. The second kappa shape index (κ2) is 9.80. The van der Waals surface area contributed by atoms with E-state index >= 15 is 0 Å². The molecule has 1 aromatic heterocycles. The predicted octanol–water partition coefficient (Wildman–Crippen LogP) is 3.55. The summed E-state index contributed by atoms with van der Waals surface area (Å²) in [4.78, 5) is 40.9. The molecule has 3 aromatic rings. The fourth-order valence-corrected chi connectivity index (χ4v) is 4.37. The van der Waals surface area contributed by atoms with Crippen LogP contribution < -0.4 is 5.32 Å². The first-order valence-corrected chi connectivity index (χ1v) is 11.8. The number of benzene rings is 2. The standard InChI is InChI=1S/C25H25BrN4O4/c1-3-34-23(32)20-13-21-22(31)29(15-18-11-7-8-12-19(18)26)25(2,16-30(21)28-20)24(33)27-14-17-9-5-4-6-10-17/h4-13H,3,14-16H2,1-2H3,(H,27,33)/t25-/m0/s1. The summed E-state index contributed by atoms with van der Waals surface area (Å²) in [6, 6.07) is 18.5.